The minimum absolute atomic E-state index is 0.0497. The maximum absolute atomic E-state index is 2.67. The van der Waals surface area contributed by atoms with Crippen LogP contribution >= 0.6 is 0 Å². The SMILES string of the molecule is CC1(C)c2ccccc2-c2ccc(-c3ccc4c(c3)[Si](C)(C)c3cc5c(-c6ccc7c8c(cccc68)-c6ccccc6-7)c6ccccc6c(-c6ccc7c8c(cccc68)-c6ccccc6-7)c5cc3-4)cc21. The average Bonchev–Trinajstić information content (AvgIpc) is 4.06. The van der Waals surface area contributed by atoms with E-state index >= 15 is 0 Å². The molecule has 0 atom stereocenters. The first-order chi connectivity index (χ1) is 34.3. The lowest BCUT2D eigenvalue weighted by molar-refractivity contribution is 0.660. The monoisotopic (exact) mass is 902 g/mol. The highest BCUT2D eigenvalue weighted by molar-refractivity contribution is 7.04. The van der Waals surface area contributed by atoms with Crippen LogP contribution < -0.4 is 10.4 Å². The van der Waals surface area contributed by atoms with Crippen LogP contribution in [0.25, 0.3) is 143 Å². The van der Waals surface area contributed by atoms with E-state index in [2.05, 4.69) is 233 Å². The largest absolute Gasteiger partial charge is 0.113 e. The highest BCUT2D eigenvalue weighted by atomic mass is 28.3. The summed E-state index contributed by atoms with van der Waals surface area (Å²) in [5, 5.41) is 13.7. The molecule has 0 bridgehead atoms. The Morgan fingerprint density at radius 1 is 0.271 bits per heavy atom. The lowest BCUT2D eigenvalue weighted by atomic mass is 9.81. The van der Waals surface area contributed by atoms with E-state index in [1.165, 1.54) is 165 Å². The number of hydrogen-bond donors (Lipinski definition) is 0. The zero-order valence-electron chi connectivity index (χ0n) is 39.6. The predicted octanol–water partition coefficient (Wildman–Crippen LogP) is 17.7. The van der Waals surface area contributed by atoms with Gasteiger partial charge < -0.3 is 0 Å². The first kappa shape index (κ1) is 38.8. The molecule has 1 aliphatic heterocycles. The van der Waals surface area contributed by atoms with Gasteiger partial charge in [-0.2, -0.15) is 0 Å². The Hall–Kier alpha value is -8.10. The molecule has 12 aromatic carbocycles. The lowest BCUT2D eigenvalue weighted by Gasteiger charge is -2.24. The van der Waals surface area contributed by atoms with Crippen LogP contribution in [0.4, 0.5) is 0 Å². The molecule has 12 aromatic rings. The molecule has 16 rings (SSSR count). The van der Waals surface area contributed by atoms with Crippen molar-refractivity contribution in [3.05, 3.63) is 217 Å². The summed E-state index contributed by atoms with van der Waals surface area (Å²) in [5.41, 5.74) is 26.8. The number of fused-ring (bicyclic) bond motifs is 14. The molecule has 0 nitrogen and oxygen atoms in total. The fraction of sp³-hybridized carbons (Fsp3) is 0.0725. The summed E-state index contributed by atoms with van der Waals surface area (Å²) in [6, 6.07) is 79.8. The summed E-state index contributed by atoms with van der Waals surface area (Å²) < 4.78 is 0. The molecule has 0 unspecified atom stereocenters. The van der Waals surface area contributed by atoms with Crippen molar-refractivity contribution in [2.24, 2.45) is 0 Å². The van der Waals surface area contributed by atoms with Gasteiger partial charge in [0.1, 0.15) is 8.07 Å². The van der Waals surface area contributed by atoms with Crippen molar-refractivity contribution in [2.75, 3.05) is 0 Å². The molecule has 0 spiro atoms. The Balaban J connectivity index is 0.975. The minimum atomic E-state index is -2.24. The van der Waals surface area contributed by atoms with Crippen LogP contribution in [0.3, 0.4) is 0 Å². The molecule has 326 valence electrons. The second kappa shape index (κ2) is 13.4. The molecular formula is C69H46Si. The van der Waals surface area contributed by atoms with E-state index < -0.39 is 8.07 Å². The second-order valence-corrected chi connectivity index (χ2v) is 25.8. The van der Waals surface area contributed by atoms with E-state index in [9.17, 15) is 0 Å². The smallest absolute Gasteiger partial charge is 0.0619 e. The average molecular weight is 903 g/mol. The Morgan fingerprint density at radius 3 is 1.26 bits per heavy atom. The van der Waals surface area contributed by atoms with Gasteiger partial charge in [-0.1, -0.05) is 221 Å². The van der Waals surface area contributed by atoms with Crippen LogP contribution in [0.2, 0.25) is 13.1 Å². The topological polar surface area (TPSA) is 0 Å². The van der Waals surface area contributed by atoms with Gasteiger partial charge in [0.05, 0.1) is 0 Å². The fourth-order valence-electron chi connectivity index (χ4n) is 14.1. The summed E-state index contributed by atoms with van der Waals surface area (Å²) in [6.07, 6.45) is 0. The van der Waals surface area contributed by atoms with E-state index in [0.29, 0.717) is 0 Å². The van der Waals surface area contributed by atoms with Crippen molar-refractivity contribution < 1.29 is 0 Å². The van der Waals surface area contributed by atoms with E-state index in [1.807, 2.05) is 0 Å². The van der Waals surface area contributed by atoms with Crippen molar-refractivity contribution >= 4 is 61.5 Å². The molecule has 0 amide bonds. The van der Waals surface area contributed by atoms with E-state index in [0.717, 1.165) is 0 Å². The number of hydrogen-bond acceptors (Lipinski definition) is 0. The highest BCUT2D eigenvalue weighted by Crippen LogP contribution is 2.55. The molecule has 4 aliphatic rings. The van der Waals surface area contributed by atoms with Gasteiger partial charge in [0.15, 0.2) is 0 Å². The summed E-state index contributed by atoms with van der Waals surface area (Å²) in [5.74, 6) is 0. The molecule has 1 heteroatoms. The van der Waals surface area contributed by atoms with Crippen molar-refractivity contribution in [1.82, 2.24) is 0 Å². The maximum Gasteiger partial charge on any atom is 0.113 e. The number of rotatable bonds is 3. The second-order valence-electron chi connectivity index (χ2n) is 21.4. The molecule has 70 heavy (non-hydrogen) atoms. The Kier molecular flexibility index (Phi) is 7.41. The first-order valence-corrected chi connectivity index (χ1v) is 28.0. The zero-order chi connectivity index (χ0) is 46.4. The molecule has 0 saturated carbocycles. The Labute approximate surface area is 409 Å². The third kappa shape index (κ3) is 4.81. The normalized spacial score (nSPS) is 14.5. The third-order valence-electron chi connectivity index (χ3n) is 17.4. The van der Waals surface area contributed by atoms with Gasteiger partial charge in [-0.05, 0) is 177 Å². The summed E-state index contributed by atoms with van der Waals surface area (Å²) in [7, 11) is -2.24. The molecule has 0 aromatic heterocycles. The van der Waals surface area contributed by atoms with Crippen molar-refractivity contribution in [1.29, 1.82) is 0 Å². The highest BCUT2D eigenvalue weighted by Gasteiger charge is 2.40. The van der Waals surface area contributed by atoms with Gasteiger partial charge in [0.2, 0.25) is 0 Å². The zero-order valence-corrected chi connectivity index (χ0v) is 40.6. The lowest BCUT2D eigenvalue weighted by Crippen LogP contribution is -2.49. The van der Waals surface area contributed by atoms with E-state index in [-0.39, 0.29) is 5.41 Å². The van der Waals surface area contributed by atoms with E-state index in [1.54, 1.807) is 0 Å². The van der Waals surface area contributed by atoms with Gasteiger partial charge in [-0.15, -0.1) is 0 Å². The Bertz CT molecular complexity index is 4350. The Morgan fingerprint density at radius 2 is 0.671 bits per heavy atom. The molecule has 0 N–H and O–H groups in total. The van der Waals surface area contributed by atoms with Crippen molar-refractivity contribution in [3.63, 3.8) is 0 Å². The maximum atomic E-state index is 2.67. The van der Waals surface area contributed by atoms with Crippen LogP contribution in [-0.4, -0.2) is 8.07 Å². The van der Waals surface area contributed by atoms with Crippen LogP contribution in [0.1, 0.15) is 25.0 Å². The molecule has 0 fully saturated rings. The van der Waals surface area contributed by atoms with E-state index in [4.69, 9.17) is 0 Å². The minimum Gasteiger partial charge on any atom is -0.0619 e. The van der Waals surface area contributed by atoms with Gasteiger partial charge in [0.25, 0.3) is 0 Å². The quantitative estimate of drug-likeness (QED) is 0.122. The van der Waals surface area contributed by atoms with Gasteiger partial charge in [-0.3, -0.25) is 0 Å². The van der Waals surface area contributed by atoms with Gasteiger partial charge >= 0.3 is 0 Å². The van der Waals surface area contributed by atoms with Crippen LogP contribution in [0.15, 0.2) is 206 Å². The van der Waals surface area contributed by atoms with Gasteiger partial charge in [-0.25, -0.2) is 0 Å². The molecule has 0 radical (unpaired) electrons. The molecule has 3 aliphatic carbocycles. The summed E-state index contributed by atoms with van der Waals surface area (Å²) in [4.78, 5) is 0. The molecule has 1 heterocycles. The standard InChI is InChI=1S/C69H46Si/c1-69(2)61-26-12-11-19-45(61)46-29-27-39(35-62(46)69)40-28-30-47-58-37-59-60(38-64(58)70(3,4)63(47)36-40)68(57-34-32-55-44-18-8-6-16-42(44)49-23-14-25-53(57)66(49)55)51-21-10-9-20-50(51)67(59)56-33-31-54-43-17-7-5-15-41(43)48-22-13-24-52(56)65(48)54/h5-38H,1-4H3. The first-order valence-electron chi connectivity index (χ1n) is 25.0. The van der Waals surface area contributed by atoms with Crippen LogP contribution in [-0.2, 0) is 5.41 Å². The van der Waals surface area contributed by atoms with Crippen molar-refractivity contribution in [2.45, 2.75) is 32.4 Å². The molecular weight excluding hydrogens is 857 g/mol. The fourth-order valence-corrected chi connectivity index (χ4v) is 17.2. The molecule has 0 saturated heterocycles. The van der Waals surface area contributed by atoms with Crippen LogP contribution in [0.5, 0.6) is 0 Å². The van der Waals surface area contributed by atoms with Crippen LogP contribution in [0, 0.1) is 0 Å². The van der Waals surface area contributed by atoms with Gasteiger partial charge in [0, 0.05) is 5.41 Å². The van der Waals surface area contributed by atoms with Crippen molar-refractivity contribution in [3.8, 4) is 100 Å². The summed E-state index contributed by atoms with van der Waals surface area (Å²) >= 11 is 0. The predicted molar refractivity (Wildman–Crippen MR) is 301 cm³/mol. The third-order valence-corrected chi connectivity index (χ3v) is 20.9. The number of benzene rings is 12. The summed E-state index contributed by atoms with van der Waals surface area (Å²) in [6.45, 7) is 9.96.